The molecule has 1 aromatic rings. The van der Waals surface area contributed by atoms with Crippen molar-refractivity contribution < 1.29 is 14.3 Å². The maximum absolute atomic E-state index is 11.7. The second-order valence-electron chi connectivity index (χ2n) is 4.45. The fraction of sp³-hybridized carbons (Fsp3) is 0.500. The van der Waals surface area contributed by atoms with E-state index in [-0.39, 0.29) is 24.4 Å². The zero-order valence-electron chi connectivity index (χ0n) is 12.1. The SMILES string of the molecule is COc1cccc(COC(C)C(=O)N[C@@H](C)CN)c1.Cl. The first-order valence-electron chi connectivity index (χ1n) is 6.31. The zero-order valence-corrected chi connectivity index (χ0v) is 12.9. The minimum atomic E-state index is -0.514. The molecule has 1 aromatic carbocycles. The molecule has 3 N–H and O–H groups in total. The van der Waals surface area contributed by atoms with Crippen molar-refractivity contribution in [1.82, 2.24) is 5.32 Å². The average molecular weight is 303 g/mol. The Morgan fingerprint density at radius 3 is 2.70 bits per heavy atom. The monoisotopic (exact) mass is 302 g/mol. The summed E-state index contributed by atoms with van der Waals surface area (Å²) in [6, 6.07) is 7.51. The first kappa shape index (κ1) is 18.7. The third-order valence-corrected chi connectivity index (χ3v) is 2.75. The molecular weight excluding hydrogens is 280 g/mol. The third-order valence-electron chi connectivity index (χ3n) is 2.75. The van der Waals surface area contributed by atoms with Gasteiger partial charge >= 0.3 is 0 Å². The van der Waals surface area contributed by atoms with Crippen LogP contribution in [-0.4, -0.2) is 31.7 Å². The molecule has 5 nitrogen and oxygen atoms in total. The zero-order chi connectivity index (χ0) is 14.3. The van der Waals surface area contributed by atoms with Crippen LogP contribution in [0.2, 0.25) is 0 Å². The van der Waals surface area contributed by atoms with E-state index in [0.29, 0.717) is 13.2 Å². The number of halogens is 1. The predicted octanol–water partition coefficient (Wildman–Crippen LogP) is 1.49. The molecular formula is C14H23ClN2O3. The molecule has 0 heterocycles. The molecule has 0 saturated carbocycles. The Balaban J connectivity index is 0.00000361. The summed E-state index contributed by atoms with van der Waals surface area (Å²) >= 11 is 0. The summed E-state index contributed by atoms with van der Waals surface area (Å²) in [7, 11) is 1.62. The lowest BCUT2D eigenvalue weighted by molar-refractivity contribution is -0.133. The fourth-order valence-corrected chi connectivity index (χ4v) is 1.48. The number of methoxy groups -OCH3 is 1. The van der Waals surface area contributed by atoms with Crippen LogP contribution in [-0.2, 0) is 16.1 Å². The minimum Gasteiger partial charge on any atom is -0.497 e. The Kier molecular flexibility index (Phi) is 8.96. The van der Waals surface area contributed by atoms with E-state index >= 15 is 0 Å². The number of rotatable bonds is 7. The Morgan fingerprint density at radius 1 is 1.40 bits per heavy atom. The van der Waals surface area contributed by atoms with Gasteiger partial charge in [0.15, 0.2) is 0 Å². The van der Waals surface area contributed by atoms with Crippen molar-refractivity contribution in [3.05, 3.63) is 29.8 Å². The van der Waals surface area contributed by atoms with Crippen LogP contribution in [0.1, 0.15) is 19.4 Å². The number of nitrogens with one attached hydrogen (secondary N) is 1. The van der Waals surface area contributed by atoms with Gasteiger partial charge in [-0.3, -0.25) is 4.79 Å². The second-order valence-corrected chi connectivity index (χ2v) is 4.45. The van der Waals surface area contributed by atoms with Crippen molar-refractivity contribution in [2.24, 2.45) is 5.73 Å². The molecule has 1 unspecified atom stereocenters. The van der Waals surface area contributed by atoms with Crippen LogP contribution in [0.25, 0.3) is 0 Å². The molecule has 1 rings (SSSR count). The first-order chi connectivity index (χ1) is 9.06. The predicted molar refractivity (Wildman–Crippen MR) is 81.2 cm³/mol. The highest BCUT2D eigenvalue weighted by atomic mass is 35.5. The summed E-state index contributed by atoms with van der Waals surface area (Å²) in [6.07, 6.45) is -0.514. The number of amides is 1. The maximum Gasteiger partial charge on any atom is 0.249 e. The number of hydrogen-bond acceptors (Lipinski definition) is 4. The Labute approximate surface area is 126 Å². The second kappa shape index (κ2) is 9.58. The number of nitrogens with two attached hydrogens (primary N) is 1. The van der Waals surface area contributed by atoms with Crippen molar-refractivity contribution >= 4 is 18.3 Å². The molecule has 0 aliphatic heterocycles. The van der Waals surface area contributed by atoms with Crippen LogP contribution in [0.3, 0.4) is 0 Å². The van der Waals surface area contributed by atoms with Crippen molar-refractivity contribution in [2.45, 2.75) is 32.6 Å². The number of ether oxygens (including phenoxy) is 2. The molecule has 0 aromatic heterocycles. The fourth-order valence-electron chi connectivity index (χ4n) is 1.48. The van der Waals surface area contributed by atoms with Gasteiger partial charge in [0.25, 0.3) is 0 Å². The number of benzene rings is 1. The van der Waals surface area contributed by atoms with E-state index in [0.717, 1.165) is 11.3 Å². The third kappa shape index (κ3) is 6.23. The Hall–Kier alpha value is -1.30. The molecule has 6 heteroatoms. The van der Waals surface area contributed by atoms with E-state index in [1.807, 2.05) is 31.2 Å². The molecule has 0 bridgehead atoms. The van der Waals surface area contributed by atoms with Crippen LogP contribution in [0, 0.1) is 0 Å². The van der Waals surface area contributed by atoms with Crippen molar-refractivity contribution in [3.8, 4) is 5.75 Å². The summed E-state index contributed by atoms with van der Waals surface area (Å²) in [5, 5.41) is 2.77. The van der Waals surface area contributed by atoms with Crippen molar-refractivity contribution in [3.63, 3.8) is 0 Å². The smallest absolute Gasteiger partial charge is 0.249 e. The molecule has 0 radical (unpaired) electrons. The minimum absolute atomic E-state index is 0. The van der Waals surface area contributed by atoms with Gasteiger partial charge in [-0.2, -0.15) is 0 Å². The lowest BCUT2D eigenvalue weighted by atomic mass is 10.2. The Morgan fingerprint density at radius 2 is 2.10 bits per heavy atom. The van der Waals surface area contributed by atoms with E-state index in [2.05, 4.69) is 5.32 Å². The topological polar surface area (TPSA) is 73.6 Å². The molecule has 114 valence electrons. The highest BCUT2D eigenvalue weighted by molar-refractivity contribution is 5.85. The van der Waals surface area contributed by atoms with E-state index in [1.165, 1.54) is 0 Å². The van der Waals surface area contributed by atoms with Crippen molar-refractivity contribution in [1.29, 1.82) is 0 Å². The lowest BCUT2D eigenvalue weighted by Crippen LogP contribution is -2.43. The summed E-state index contributed by atoms with van der Waals surface area (Å²) in [5.74, 6) is 0.621. The van der Waals surface area contributed by atoms with Gasteiger partial charge in [0.05, 0.1) is 13.7 Å². The van der Waals surface area contributed by atoms with Gasteiger partial charge in [0.2, 0.25) is 5.91 Å². The van der Waals surface area contributed by atoms with Gasteiger partial charge in [-0.1, -0.05) is 12.1 Å². The van der Waals surface area contributed by atoms with E-state index in [1.54, 1.807) is 14.0 Å². The van der Waals surface area contributed by atoms with E-state index < -0.39 is 6.10 Å². The van der Waals surface area contributed by atoms with Crippen LogP contribution in [0.5, 0.6) is 5.75 Å². The highest BCUT2D eigenvalue weighted by Crippen LogP contribution is 2.13. The lowest BCUT2D eigenvalue weighted by Gasteiger charge is -2.17. The van der Waals surface area contributed by atoms with E-state index in [9.17, 15) is 4.79 Å². The van der Waals surface area contributed by atoms with Gasteiger partial charge in [-0.05, 0) is 31.5 Å². The van der Waals surface area contributed by atoms with Crippen LogP contribution < -0.4 is 15.8 Å². The quantitative estimate of drug-likeness (QED) is 0.800. The van der Waals surface area contributed by atoms with Crippen LogP contribution >= 0.6 is 12.4 Å². The van der Waals surface area contributed by atoms with Gasteiger partial charge in [0.1, 0.15) is 11.9 Å². The molecule has 0 fully saturated rings. The Bertz CT molecular complexity index is 415. The van der Waals surface area contributed by atoms with E-state index in [4.69, 9.17) is 15.2 Å². The summed E-state index contributed by atoms with van der Waals surface area (Å²) in [6.45, 7) is 4.35. The standard InChI is InChI=1S/C14H22N2O3.ClH/c1-10(8-15)16-14(17)11(2)19-9-12-5-4-6-13(7-12)18-3;/h4-7,10-11H,8-9,15H2,1-3H3,(H,16,17);1H/t10-,11?;/m0./s1. The summed E-state index contributed by atoms with van der Waals surface area (Å²) in [4.78, 5) is 11.7. The van der Waals surface area contributed by atoms with Gasteiger partial charge in [-0.15, -0.1) is 12.4 Å². The van der Waals surface area contributed by atoms with Gasteiger partial charge in [0, 0.05) is 12.6 Å². The molecule has 0 aliphatic rings. The van der Waals surface area contributed by atoms with Crippen molar-refractivity contribution in [2.75, 3.05) is 13.7 Å². The highest BCUT2D eigenvalue weighted by Gasteiger charge is 2.15. The normalized spacial score (nSPS) is 13.0. The molecule has 0 spiro atoms. The van der Waals surface area contributed by atoms with Crippen LogP contribution in [0.15, 0.2) is 24.3 Å². The summed E-state index contributed by atoms with van der Waals surface area (Å²) < 4.78 is 10.7. The molecule has 0 aliphatic carbocycles. The summed E-state index contributed by atoms with van der Waals surface area (Å²) in [5.41, 5.74) is 6.41. The number of carbonyl (C=O) groups excluding carboxylic acids is 1. The van der Waals surface area contributed by atoms with Gasteiger partial charge in [-0.25, -0.2) is 0 Å². The number of carbonyl (C=O) groups is 1. The maximum atomic E-state index is 11.7. The number of hydrogen-bond donors (Lipinski definition) is 2. The van der Waals surface area contributed by atoms with Gasteiger partial charge < -0.3 is 20.5 Å². The largest absolute Gasteiger partial charge is 0.497 e. The first-order valence-corrected chi connectivity index (χ1v) is 6.31. The average Bonchev–Trinajstić information content (AvgIpc) is 2.44. The molecule has 20 heavy (non-hydrogen) atoms. The van der Waals surface area contributed by atoms with Crippen LogP contribution in [0.4, 0.5) is 0 Å². The molecule has 2 atom stereocenters. The molecule has 1 amide bonds. The molecule has 0 saturated heterocycles.